The molecular weight excluding hydrogens is 148 g/mol. The number of hydrogen-bond acceptors (Lipinski definition) is 1. The van der Waals surface area contributed by atoms with Gasteiger partial charge in [0.05, 0.1) is 7.11 Å². The van der Waals surface area contributed by atoms with E-state index in [0.717, 1.165) is 12.2 Å². The standard InChI is InChI=1S/C11H15O/c1-3-4-6-10-7-5-8-11(9-10)12-2/h7-9H,3-4,6H2,1-2H3. The molecule has 0 fully saturated rings. The summed E-state index contributed by atoms with van der Waals surface area (Å²) in [4.78, 5) is 0. The lowest BCUT2D eigenvalue weighted by molar-refractivity contribution is 0.414. The van der Waals surface area contributed by atoms with Crippen LogP contribution >= 0.6 is 0 Å². The Morgan fingerprint density at radius 1 is 1.42 bits per heavy atom. The molecule has 1 radical (unpaired) electrons. The third kappa shape index (κ3) is 2.57. The molecule has 0 aliphatic heterocycles. The van der Waals surface area contributed by atoms with Gasteiger partial charge < -0.3 is 4.74 Å². The first-order chi connectivity index (χ1) is 5.86. The van der Waals surface area contributed by atoms with Crippen molar-refractivity contribution in [2.75, 3.05) is 7.11 Å². The van der Waals surface area contributed by atoms with Crippen LogP contribution in [-0.2, 0) is 6.42 Å². The summed E-state index contributed by atoms with van der Waals surface area (Å²) in [5.41, 5.74) is 1.32. The zero-order valence-electron chi connectivity index (χ0n) is 7.76. The van der Waals surface area contributed by atoms with E-state index in [1.807, 2.05) is 12.1 Å². The minimum Gasteiger partial charge on any atom is -0.497 e. The molecule has 0 heterocycles. The van der Waals surface area contributed by atoms with Crippen LogP contribution in [0.1, 0.15) is 25.3 Å². The van der Waals surface area contributed by atoms with Crippen molar-refractivity contribution in [3.05, 3.63) is 29.8 Å². The molecule has 0 bridgehead atoms. The molecule has 0 spiro atoms. The van der Waals surface area contributed by atoms with Crippen LogP contribution in [0, 0.1) is 6.07 Å². The Morgan fingerprint density at radius 3 is 2.92 bits per heavy atom. The average molecular weight is 163 g/mol. The quantitative estimate of drug-likeness (QED) is 0.663. The molecule has 0 amide bonds. The minimum absolute atomic E-state index is 0.906. The highest BCUT2D eigenvalue weighted by molar-refractivity contribution is 5.27. The summed E-state index contributed by atoms with van der Waals surface area (Å²) in [7, 11) is 1.69. The van der Waals surface area contributed by atoms with Gasteiger partial charge in [-0.2, -0.15) is 0 Å². The largest absolute Gasteiger partial charge is 0.497 e. The van der Waals surface area contributed by atoms with Crippen LogP contribution in [0.4, 0.5) is 0 Å². The number of benzene rings is 1. The van der Waals surface area contributed by atoms with Gasteiger partial charge in [-0.05, 0) is 36.6 Å². The summed E-state index contributed by atoms with van der Waals surface area (Å²) in [5, 5.41) is 0. The van der Waals surface area contributed by atoms with E-state index in [2.05, 4.69) is 19.1 Å². The first kappa shape index (κ1) is 9.11. The molecule has 0 aliphatic rings. The van der Waals surface area contributed by atoms with Gasteiger partial charge in [-0.1, -0.05) is 19.4 Å². The molecular formula is C11H15O. The zero-order chi connectivity index (χ0) is 8.81. The molecule has 1 aromatic carbocycles. The Labute approximate surface area is 74.4 Å². The van der Waals surface area contributed by atoms with E-state index in [9.17, 15) is 0 Å². The van der Waals surface area contributed by atoms with Crippen LogP contribution < -0.4 is 4.74 Å². The summed E-state index contributed by atoms with van der Waals surface area (Å²) in [5.74, 6) is 0.906. The Morgan fingerprint density at radius 2 is 2.25 bits per heavy atom. The monoisotopic (exact) mass is 163 g/mol. The summed E-state index contributed by atoms with van der Waals surface area (Å²) >= 11 is 0. The molecule has 1 heteroatoms. The van der Waals surface area contributed by atoms with Crippen molar-refractivity contribution in [2.45, 2.75) is 26.2 Å². The van der Waals surface area contributed by atoms with Crippen molar-refractivity contribution in [2.24, 2.45) is 0 Å². The molecule has 0 unspecified atom stereocenters. The van der Waals surface area contributed by atoms with E-state index < -0.39 is 0 Å². The molecule has 0 saturated heterocycles. The van der Waals surface area contributed by atoms with Gasteiger partial charge in [0.1, 0.15) is 5.75 Å². The van der Waals surface area contributed by atoms with Gasteiger partial charge in [-0.25, -0.2) is 0 Å². The molecule has 0 N–H and O–H groups in total. The van der Waals surface area contributed by atoms with Gasteiger partial charge >= 0.3 is 0 Å². The smallest absolute Gasteiger partial charge is 0.119 e. The van der Waals surface area contributed by atoms with Crippen LogP contribution in [0.15, 0.2) is 18.2 Å². The second-order valence-electron chi connectivity index (χ2n) is 2.88. The Kier molecular flexibility index (Phi) is 3.65. The molecule has 1 aromatic rings. The van der Waals surface area contributed by atoms with Crippen LogP contribution in [0.3, 0.4) is 0 Å². The maximum atomic E-state index is 5.10. The fraction of sp³-hybridized carbons (Fsp3) is 0.455. The van der Waals surface area contributed by atoms with E-state index in [4.69, 9.17) is 4.74 Å². The average Bonchev–Trinajstić information content (AvgIpc) is 2.15. The van der Waals surface area contributed by atoms with Crippen molar-refractivity contribution >= 4 is 0 Å². The van der Waals surface area contributed by atoms with Gasteiger partial charge in [0.2, 0.25) is 0 Å². The predicted molar refractivity (Wildman–Crippen MR) is 50.4 cm³/mol. The van der Waals surface area contributed by atoms with Crippen molar-refractivity contribution in [1.82, 2.24) is 0 Å². The van der Waals surface area contributed by atoms with Crippen LogP contribution in [0.5, 0.6) is 5.75 Å². The Balaban J connectivity index is 2.60. The van der Waals surface area contributed by atoms with Gasteiger partial charge in [-0.15, -0.1) is 0 Å². The summed E-state index contributed by atoms with van der Waals surface area (Å²) in [6.07, 6.45) is 3.60. The normalized spacial score (nSPS) is 9.83. The highest BCUT2D eigenvalue weighted by atomic mass is 16.5. The van der Waals surface area contributed by atoms with E-state index in [1.54, 1.807) is 7.11 Å². The lowest BCUT2D eigenvalue weighted by Gasteiger charge is -2.02. The highest BCUT2D eigenvalue weighted by Crippen LogP contribution is 2.13. The number of ether oxygens (including phenoxy) is 1. The van der Waals surface area contributed by atoms with Crippen LogP contribution in [0.25, 0.3) is 0 Å². The molecule has 0 atom stereocenters. The number of rotatable bonds is 4. The second kappa shape index (κ2) is 4.81. The van der Waals surface area contributed by atoms with E-state index >= 15 is 0 Å². The van der Waals surface area contributed by atoms with E-state index in [-0.39, 0.29) is 0 Å². The zero-order valence-corrected chi connectivity index (χ0v) is 7.76. The Hall–Kier alpha value is -0.980. The molecule has 0 aliphatic carbocycles. The van der Waals surface area contributed by atoms with E-state index in [0.29, 0.717) is 0 Å². The van der Waals surface area contributed by atoms with Crippen molar-refractivity contribution in [3.63, 3.8) is 0 Å². The fourth-order valence-electron chi connectivity index (χ4n) is 1.14. The van der Waals surface area contributed by atoms with Crippen LogP contribution in [0.2, 0.25) is 0 Å². The fourth-order valence-corrected chi connectivity index (χ4v) is 1.14. The topological polar surface area (TPSA) is 9.23 Å². The lowest BCUT2D eigenvalue weighted by atomic mass is 10.1. The third-order valence-corrected chi connectivity index (χ3v) is 1.88. The second-order valence-corrected chi connectivity index (χ2v) is 2.88. The number of hydrogen-bond donors (Lipinski definition) is 0. The van der Waals surface area contributed by atoms with Crippen molar-refractivity contribution < 1.29 is 4.74 Å². The number of methoxy groups -OCH3 is 1. The van der Waals surface area contributed by atoms with Crippen molar-refractivity contribution in [3.8, 4) is 5.75 Å². The predicted octanol–water partition coefficient (Wildman–Crippen LogP) is 2.84. The lowest BCUT2D eigenvalue weighted by Crippen LogP contribution is -1.87. The summed E-state index contributed by atoms with van der Waals surface area (Å²) in [6, 6.07) is 9.02. The maximum absolute atomic E-state index is 5.10. The number of unbranched alkanes of at least 4 members (excludes halogenated alkanes) is 1. The maximum Gasteiger partial charge on any atom is 0.119 e. The minimum atomic E-state index is 0.906. The molecule has 0 saturated carbocycles. The van der Waals surface area contributed by atoms with Gasteiger partial charge in [-0.3, -0.25) is 0 Å². The third-order valence-electron chi connectivity index (χ3n) is 1.88. The van der Waals surface area contributed by atoms with Gasteiger partial charge in [0.25, 0.3) is 0 Å². The first-order valence-electron chi connectivity index (χ1n) is 4.41. The summed E-state index contributed by atoms with van der Waals surface area (Å²) in [6.45, 7) is 2.20. The molecule has 65 valence electrons. The SMILES string of the molecule is CCCCc1c[c]cc(OC)c1. The number of aryl methyl sites for hydroxylation is 1. The molecule has 12 heavy (non-hydrogen) atoms. The first-order valence-corrected chi connectivity index (χ1v) is 4.41. The summed E-state index contributed by atoms with van der Waals surface area (Å²) < 4.78 is 5.10. The van der Waals surface area contributed by atoms with Gasteiger partial charge in [0, 0.05) is 0 Å². The molecule has 1 nitrogen and oxygen atoms in total. The highest BCUT2D eigenvalue weighted by Gasteiger charge is 1.94. The Bertz CT molecular complexity index is 230. The van der Waals surface area contributed by atoms with Gasteiger partial charge in [0.15, 0.2) is 0 Å². The molecule has 0 aromatic heterocycles. The van der Waals surface area contributed by atoms with E-state index in [1.165, 1.54) is 18.4 Å². The van der Waals surface area contributed by atoms with Crippen molar-refractivity contribution in [1.29, 1.82) is 0 Å². The molecule has 1 rings (SSSR count). The van der Waals surface area contributed by atoms with Crippen LogP contribution in [-0.4, -0.2) is 7.11 Å².